The standard InChI is InChI=1S/C17H27N/c1-12-5-6-16(15(4)8-12)11-18-17-9-13(2)7-14(3)10-17/h5-6,8,13-14,17-18H,7,9-11H2,1-4H3. The van der Waals surface area contributed by atoms with Gasteiger partial charge in [0.25, 0.3) is 0 Å². The summed E-state index contributed by atoms with van der Waals surface area (Å²) < 4.78 is 0. The molecule has 1 heteroatoms. The molecule has 2 atom stereocenters. The van der Waals surface area contributed by atoms with Crippen LogP contribution in [0.2, 0.25) is 0 Å². The molecule has 0 bridgehead atoms. The monoisotopic (exact) mass is 245 g/mol. The van der Waals surface area contributed by atoms with Crippen LogP contribution in [0, 0.1) is 25.7 Å². The van der Waals surface area contributed by atoms with Crippen molar-refractivity contribution >= 4 is 0 Å². The lowest BCUT2D eigenvalue weighted by Crippen LogP contribution is -2.36. The highest BCUT2D eigenvalue weighted by Crippen LogP contribution is 2.28. The van der Waals surface area contributed by atoms with Gasteiger partial charge in [-0.05, 0) is 56.1 Å². The van der Waals surface area contributed by atoms with Gasteiger partial charge in [0.2, 0.25) is 0 Å². The van der Waals surface area contributed by atoms with Gasteiger partial charge in [0.05, 0.1) is 0 Å². The first-order chi connectivity index (χ1) is 8.54. The number of rotatable bonds is 3. The lowest BCUT2D eigenvalue weighted by Gasteiger charge is -2.32. The molecule has 0 spiro atoms. The van der Waals surface area contributed by atoms with Crippen LogP contribution in [0.4, 0.5) is 0 Å². The summed E-state index contributed by atoms with van der Waals surface area (Å²) in [5.41, 5.74) is 4.22. The molecule has 0 aromatic heterocycles. The van der Waals surface area contributed by atoms with Gasteiger partial charge < -0.3 is 5.32 Å². The first-order valence-electron chi connectivity index (χ1n) is 7.34. The molecule has 1 nitrogen and oxygen atoms in total. The molecule has 1 aliphatic rings. The van der Waals surface area contributed by atoms with Crippen molar-refractivity contribution in [2.75, 3.05) is 0 Å². The number of hydrogen-bond acceptors (Lipinski definition) is 1. The molecule has 0 radical (unpaired) electrons. The molecule has 2 unspecified atom stereocenters. The van der Waals surface area contributed by atoms with Crippen molar-refractivity contribution in [3.8, 4) is 0 Å². The minimum Gasteiger partial charge on any atom is -0.310 e. The number of aryl methyl sites for hydroxylation is 2. The second-order valence-corrected chi connectivity index (χ2v) is 6.43. The van der Waals surface area contributed by atoms with Gasteiger partial charge in [-0.2, -0.15) is 0 Å². The summed E-state index contributed by atoms with van der Waals surface area (Å²) in [5.74, 6) is 1.76. The van der Waals surface area contributed by atoms with Crippen molar-refractivity contribution in [3.05, 3.63) is 34.9 Å². The fourth-order valence-electron chi connectivity index (χ4n) is 3.41. The molecule has 1 aliphatic carbocycles. The third-order valence-electron chi connectivity index (χ3n) is 4.26. The topological polar surface area (TPSA) is 12.0 Å². The number of hydrogen-bond donors (Lipinski definition) is 1. The lowest BCUT2D eigenvalue weighted by atomic mass is 9.80. The van der Waals surface area contributed by atoms with Gasteiger partial charge in [-0.1, -0.05) is 37.6 Å². The highest BCUT2D eigenvalue weighted by atomic mass is 14.9. The van der Waals surface area contributed by atoms with Crippen LogP contribution in [-0.4, -0.2) is 6.04 Å². The van der Waals surface area contributed by atoms with Gasteiger partial charge in [0.1, 0.15) is 0 Å². The van der Waals surface area contributed by atoms with Crippen LogP contribution in [-0.2, 0) is 6.54 Å². The Bertz CT molecular complexity index is 387. The smallest absolute Gasteiger partial charge is 0.0210 e. The summed E-state index contributed by atoms with van der Waals surface area (Å²) in [4.78, 5) is 0. The van der Waals surface area contributed by atoms with Crippen LogP contribution in [0.3, 0.4) is 0 Å². The molecule has 1 N–H and O–H groups in total. The zero-order valence-corrected chi connectivity index (χ0v) is 12.3. The SMILES string of the molecule is Cc1ccc(CNC2CC(C)CC(C)C2)c(C)c1. The molecule has 0 amide bonds. The predicted octanol–water partition coefficient (Wildman–Crippen LogP) is 4.22. The molecule has 100 valence electrons. The predicted molar refractivity (Wildman–Crippen MR) is 78.7 cm³/mol. The highest BCUT2D eigenvalue weighted by Gasteiger charge is 2.23. The quantitative estimate of drug-likeness (QED) is 0.841. The van der Waals surface area contributed by atoms with E-state index in [4.69, 9.17) is 0 Å². The van der Waals surface area contributed by atoms with Gasteiger partial charge in [-0.25, -0.2) is 0 Å². The van der Waals surface area contributed by atoms with E-state index < -0.39 is 0 Å². The van der Waals surface area contributed by atoms with Gasteiger partial charge >= 0.3 is 0 Å². The van der Waals surface area contributed by atoms with Crippen molar-refractivity contribution < 1.29 is 0 Å². The van der Waals surface area contributed by atoms with E-state index in [2.05, 4.69) is 51.2 Å². The van der Waals surface area contributed by atoms with Crippen LogP contribution in [0.15, 0.2) is 18.2 Å². The molecule has 0 aliphatic heterocycles. The molecule has 0 heterocycles. The number of benzene rings is 1. The average Bonchev–Trinajstić information content (AvgIpc) is 2.26. The summed E-state index contributed by atoms with van der Waals surface area (Å²) in [7, 11) is 0. The second-order valence-electron chi connectivity index (χ2n) is 6.43. The maximum atomic E-state index is 3.76. The Morgan fingerprint density at radius 1 is 1.06 bits per heavy atom. The fraction of sp³-hybridized carbons (Fsp3) is 0.647. The minimum atomic E-state index is 0.712. The van der Waals surface area contributed by atoms with Gasteiger partial charge in [-0.15, -0.1) is 0 Å². The van der Waals surface area contributed by atoms with Crippen molar-refractivity contribution in [1.82, 2.24) is 5.32 Å². The average molecular weight is 245 g/mol. The Labute approximate surface area is 112 Å². The number of nitrogens with one attached hydrogen (secondary N) is 1. The summed E-state index contributed by atoms with van der Waals surface area (Å²) >= 11 is 0. The molecular formula is C17H27N. The zero-order chi connectivity index (χ0) is 13.1. The van der Waals surface area contributed by atoms with Crippen LogP contribution >= 0.6 is 0 Å². The van der Waals surface area contributed by atoms with E-state index in [-0.39, 0.29) is 0 Å². The molecule has 1 saturated carbocycles. The Kier molecular flexibility index (Phi) is 4.45. The Morgan fingerprint density at radius 2 is 1.72 bits per heavy atom. The minimum absolute atomic E-state index is 0.712. The zero-order valence-electron chi connectivity index (χ0n) is 12.3. The Morgan fingerprint density at radius 3 is 2.33 bits per heavy atom. The van der Waals surface area contributed by atoms with Crippen molar-refractivity contribution in [2.24, 2.45) is 11.8 Å². The van der Waals surface area contributed by atoms with Crippen LogP contribution in [0.25, 0.3) is 0 Å². The van der Waals surface area contributed by atoms with E-state index >= 15 is 0 Å². The lowest BCUT2D eigenvalue weighted by molar-refractivity contribution is 0.238. The van der Waals surface area contributed by atoms with E-state index in [1.807, 2.05) is 0 Å². The fourth-order valence-corrected chi connectivity index (χ4v) is 3.41. The van der Waals surface area contributed by atoms with E-state index in [9.17, 15) is 0 Å². The maximum Gasteiger partial charge on any atom is 0.0210 e. The van der Waals surface area contributed by atoms with E-state index in [0.29, 0.717) is 6.04 Å². The largest absolute Gasteiger partial charge is 0.310 e. The highest BCUT2D eigenvalue weighted by molar-refractivity contribution is 5.30. The summed E-state index contributed by atoms with van der Waals surface area (Å²) in [6.07, 6.45) is 4.09. The maximum absolute atomic E-state index is 3.76. The van der Waals surface area contributed by atoms with Crippen molar-refractivity contribution in [2.45, 2.75) is 59.5 Å². The molecule has 1 aromatic rings. The van der Waals surface area contributed by atoms with Crippen LogP contribution < -0.4 is 5.32 Å². The first-order valence-corrected chi connectivity index (χ1v) is 7.34. The van der Waals surface area contributed by atoms with Crippen molar-refractivity contribution in [3.63, 3.8) is 0 Å². The van der Waals surface area contributed by atoms with Gasteiger partial charge in [-0.3, -0.25) is 0 Å². The summed E-state index contributed by atoms with van der Waals surface area (Å²) in [6.45, 7) is 10.2. The van der Waals surface area contributed by atoms with Crippen molar-refractivity contribution in [1.29, 1.82) is 0 Å². The van der Waals surface area contributed by atoms with E-state index in [1.54, 1.807) is 0 Å². The van der Waals surface area contributed by atoms with Crippen LogP contribution in [0.1, 0.15) is 49.8 Å². The first kappa shape index (κ1) is 13.6. The van der Waals surface area contributed by atoms with Crippen LogP contribution in [0.5, 0.6) is 0 Å². The van der Waals surface area contributed by atoms with E-state index in [0.717, 1.165) is 18.4 Å². The normalized spacial score (nSPS) is 28.3. The van der Waals surface area contributed by atoms with E-state index in [1.165, 1.54) is 36.0 Å². The molecule has 18 heavy (non-hydrogen) atoms. The third-order valence-corrected chi connectivity index (χ3v) is 4.26. The molecule has 1 aromatic carbocycles. The summed E-state index contributed by atoms with van der Waals surface area (Å²) in [6, 6.07) is 7.48. The van der Waals surface area contributed by atoms with Gasteiger partial charge in [0, 0.05) is 12.6 Å². The van der Waals surface area contributed by atoms with Gasteiger partial charge in [0.15, 0.2) is 0 Å². The third kappa shape index (κ3) is 3.58. The Hall–Kier alpha value is -0.820. The molecule has 0 saturated heterocycles. The Balaban J connectivity index is 1.91. The molecule has 2 rings (SSSR count). The second kappa shape index (κ2) is 5.88. The summed E-state index contributed by atoms with van der Waals surface area (Å²) in [5, 5.41) is 3.76. The molecular weight excluding hydrogens is 218 g/mol. The molecule has 1 fully saturated rings.